The van der Waals surface area contributed by atoms with Crippen molar-refractivity contribution in [3.63, 3.8) is 0 Å². The average Bonchev–Trinajstić information content (AvgIpc) is 2.33. The molecular weight excluding hydrogens is 240 g/mol. The summed E-state index contributed by atoms with van der Waals surface area (Å²) >= 11 is 0. The maximum absolute atomic E-state index is 12.7. The Morgan fingerprint density at radius 1 is 1.25 bits per heavy atom. The van der Waals surface area contributed by atoms with Crippen LogP contribution in [0.4, 0.5) is 0 Å². The first-order valence-electron chi connectivity index (χ1n) is 5.92. The second-order valence-electron chi connectivity index (χ2n) is 5.82. The number of allylic oxidation sites excluding steroid dienone is 1. The molecule has 0 N–H and O–H groups in total. The zero-order valence-corrected chi connectivity index (χ0v) is 11.6. The fourth-order valence-corrected chi connectivity index (χ4v) is 8.99. The maximum atomic E-state index is 12.7. The minimum absolute atomic E-state index is 0.0233. The molecule has 0 aromatic rings. The van der Waals surface area contributed by atoms with E-state index in [1.807, 2.05) is 26.8 Å². The van der Waals surface area contributed by atoms with Gasteiger partial charge in [-0.15, -0.1) is 0 Å². The molecule has 0 aromatic carbocycles. The van der Waals surface area contributed by atoms with Crippen molar-refractivity contribution in [2.45, 2.75) is 47.7 Å². The summed E-state index contributed by atoms with van der Waals surface area (Å²) in [5, 5.41) is 0.0233. The quantitative estimate of drug-likeness (QED) is 0.622. The van der Waals surface area contributed by atoms with E-state index in [-0.39, 0.29) is 10.00 Å². The maximum Gasteiger partial charge on any atom is 0.142 e. The van der Waals surface area contributed by atoms with Crippen LogP contribution in [-0.2, 0) is 21.6 Å². The monoisotopic (exact) mass is 258 g/mol. The van der Waals surface area contributed by atoms with Crippen LogP contribution in [0.25, 0.3) is 0 Å². The summed E-state index contributed by atoms with van der Waals surface area (Å²) in [5.74, 6) is 1.07. The van der Waals surface area contributed by atoms with Crippen molar-refractivity contribution < 1.29 is 8.42 Å². The first kappa shape index (κ1) is 11.1. The molecule has 3 aliphatic carbocycles. The van der Waals surface area contributed by atoms with Gasteiger partial charge in [0, 0.05) is 10.8 Å². The summed E-state index contributed by atoms with van der Waals surface area (Å²) in [5.41, 5.74) is 0. The fraction of sp³-hybridized carbons (Fsp3) is 0.833. The number of hydrogen-bond donors (Lipinski definition) is 0. The molecular formula is C12H18O2S2. The Hall–Kier alpha value is 0.0400. The minimum atomic E-state index is -1.02. The average molecular weight is 258 g/mol. The molecule has 1 spiro atoms. The van der Waals surface area contributed by atoms with Crippen LogP contribution in [0.15, 0.2) is 12.2 Å². The molecule has 4 atom stereocenters. The van der Waals surface area contributed by atoms with Gasteiger partial charge in [-0.2, -0.15) is 0 Å². The van der Waals surface area contributed by atoms with Gasteiger partial charge in [-0.25, -0.2) is 0 Å². The van der Waals surface area contributed by atoms with Gasteiger partial charge in [0.25, 0.3) is 0 Å². The van der Waals surface area contributed by atoms with E-state index in [2.05, 4.69) is 6.08 Å². The van der Waals surface area contributed by atoms with Crippen molar-refractivity contribution in [2.75, 3.05) is 0 Å². The SMILES string of the molecule is CC1S(=O)C2(C=CC3CC2C3)S(=O)C1(C)C. The van der Waals surface area contributed by atoms with E-state index in [0.29, 0.717) is 11.8 Å². The molecule has 0 aromatic heterocycles. The molecule has 1 heterocycles. The highest BCUT2D eigenvalue weighted by Gasteiger charge is 2.65. The van der Waals surface area contributed by atoms with Crippen LogP contribution in [0.2, 0.25) is 0 Å². The summed E-state index contributed by atoms with van der Waals surface area (Å²) < 4.78 is 24.5. The lowest BCUT2D eigenvalue weighted by Gasteiger charge is -2.47. The predicted octanol–water partition coefficient (Wildman–Crippen LogP) is 1.96. The van der Waals surface area contributed by atoms with E-state index >= 15 is 0 Å². The van der Waals surface area contributed by atoms with E-state index in [4.69, 9.17) is 0 Å². The largest absolute Gasteiger partial charge is 0.257 e. The molecule has 0 amide bonds. The highest BCUT2D eigenvalue weighted by atomic mass is 32.3. The Labute approximate surface area is 102 Å². The minimum Gasteiger partial charge on any atom is -0.257 e. The molecule has 16 heavy (non-hydrogen) atoms. The second-order valence-corrected chi connectivity index (χ2v) is 10.3. The summed E-state index contributed by atoms with van der Waals surface area (Å²) in [7, 11) is -2.01. The Morgan fingerprint density at radius 2 is 1.88 bits per heavy atom. The van der Waals surface area contributed by atoms with Gasteiger partial charge in [0.1, 0.15) is 4.08 Å². The van der Waals surface area contributed by atoms with Crippen LogP contribution in [0.1, 0.15) is 33.6 Å². The zero-order valence-electron chi connectivity index (χ0n) is 9.93. The van der Waals surface area contributed by atoms with Crippen molar-refractivity contribution in [1.29, 1.82) is 0 Å². The molecule has 1 aliphatic heterocycles. The molecule has 4 aliphatic rings. The van der Waals surface area contributed by atoms with E-state index in [0.717, 1.165) is 12.8 Å². The normalized spacial score (nSPS) is 57.6. The summed E-state index contributed by atoms with van der Waals surface area (Å²) in [6.45, 7) is 5.99. The van der Waals surface area contributed by atoms with Gasteiger partial charge in [-0.1, -0.05) is 12.2 Å². The van der Waals surface area contributed by atoms with Crippen LogP contribution in [0.5, 0.6) is 0 Å². The molecule has 4 heteroatoms. The predicted molar refractivity (Wildman–Crippen MR) is 67.9 cm³/mol. The lowest BCUT2D eigenvalue weighted by Crippen LogP contribution is -2.51. The lowest BCUT2D eigenvalue weighted by atomic mass is 9.69. The molecule has 1 saturated carbocycles. The number of rotatable bonds is 0. The lowest BCUT2D eigenvalue weighted by molar-refractivity contribution is 0.215. The Bertz CT molecular complexity index is 421. The highest BCUT2D eigenvalue weighted by molar-refractivity contribution is 8.09. The van der Waals surface area contributed by atoms with Crippen LogP contribution in [0, 0.1) is 11.8 Å². The van der Waals surface area contributed by atoms with Gasteiger partial charge in [-0.05, 0) is 45.4 Å². The third-order valence-corrected chi connectivity index (χ3v) is 10.5. The third kappa shape index (κ3) is 1.03. The first-order chi connectivity index (χ1) is 7.40. The van der Waals surface area contributed by atoms with Crippen LogP contribution in [0.3, 0.4) is 0 Å². The van der Waals surface area contributed by atoms with E-state index in [1.165, 1.54) is 0 Å². The second kappa shape index (κ2) is 3.08. The van der Waals surface area contributed by atoms with E-state index < -0.39 is 25.7 Å². The Morgan fingerprint density at radius 3 is 2.25 bits per heavy atom. The highest BCUT2D eigenvalue weighted by Crippen LogP contribution is 2.57. The van der Waals surface area contributed by atoms with Crippen molar-refractivity contribution >= 4 is 21.6 Å². The van der Waals surface area contributed by atoms with Crippen LogP contribution >= 0.6 is 0 Å². The topological polar surface area (TPSA) is 34.1 Å². The van der Waals surface area contributed by atoms with Crippen LogP contribution < -0.4 is 0 Å². The zero-order chi connectivity index (χ0) is 11.7. The smallest absolute Gasteiger partial charge is 0.142 e. The summed E-state index contributed by atoms with van der Waals surface area (Å²) in [6.07, 6.45) is 6.38. The van der Waals surface area contributed by atoms with E-state index in [1.54, 1.807) is 0 Å². The summed E-state index contributed by atoms with van der Waals surface area (Å²) in [6, 6.07) is 0. The molecule has 2 bridgehead atoms. The molecule has 90 valence electrons. The molecule has 4 unspecified atom stereocenters. The van der Waals surface area contributed by atoms with E-state index in [9.17, 15) is 8.42 Å². The van der Waals surface area contributed by atoms with Crippen molar-refractivity contribution in [3.8, 4) is 0 Å². The third-order valence-electron chi connectivity index (χ3n) is 4.73. The Balaban J connectivity index is 2.15. The molecule has 2 nitrogen and oxygen atoms in total. The standard InChI is InChI=1S/C12H18O2S2/c1-8-11(2,3)16(14)12(15(8)13)5-4-9-6-10(12)7-9/h4-5,8-10H,6-7H2,1-3H3. The number of hydrogen-bond acceptors (Lipinski definition) is 2. The fourth-order valence-electron chi connectivity index (χ4n) is 3.17. The van der Waals surface area contributed by atoms with Gasteiger partial charge in [0.05, 0.1) is 20.8 Å². The Kier molecular flexibility index (Phi) is 2.14. The van der Waals surface area contributed by atoms with Gasteiger partial charge in [0.2, 0.25) is 0 Å². The molecule has 1 saturated heterocycles. The summed E-state index contributed by atoms with van der Waals surface area (Å²) in [4.78, 5) is 0. The van der Waals surface area contributed by atoms with Crippen molar-refractivity contribution in [1.82, 2.24) is 0 Å². The molecule has 2 fully saturated rings. The van der Waals surface area contributed by atoms with Gasteiger partial charge in [0.15, 0.2) is 0 Å². The van der Waals surface area contributed by atoms with Gasteiger partial charge in [-0.3, -0.25) is 8.42 Å². The van der Waals surface area contributed by atoms with Crippen molar-refractivity contribution in [2.24, 2.45) is 11.8 Å². The van der Waals surface area contributed by atoms with Crippen molar-refractivity contribution in [3.05, 3.63) is 12.2 Å². The van der Waals surface area contributed by atoms with Crippen LogP contribution in [-0.4, -0.2) is 22.5 Å². The molecule has 0 radical (unpaired) electrons. The van der Waals surface area contributed by atoms with Gasteiger partial charge >= 0.3 is 0 Å². The van der Waals surface area contributed by atoms with Gasteiger partial charge < -0.3 is 0 Å². The first-order valence-corrected chi connectivity index (χ1v) is 8.29. The molecule has 4 rings (SSSR count).